The number of allylic oxidation sites excluding steroid dienone is 1. The number of ketones is 2. The summed E-state index contributed by atoms with van der Waals surface area (Å²) in [6.45, 7) is 16.9. The standard InChI is InChI=1S/C30H40O10/c1-14-13-17-27(6)12-11-18(33)26(4,5)20(27)19(38-15(2)31)22(39-16(3)32)29(17,8)21-23(34)40-30(9,25(36)37-10)24(35)28(14,21)7/h17,19-22H,1,11-13H2,2-10H3/t17-,19-,20-,21+,22+,27-,28-,29-,30-/m1/s1. The normalized spacial score (nSPS) is 43.9. The molecule has 1 saturated heterocycles. The molecule has 0 N–H and O–H groups in total. The van der Waals surface area contributed by atoms with Crippen LogP contribution in [0, 0.1) is 39.4 Å². The summed E-state index contributed by atoms with van der Waals surface area (Å²) in [6, 6.07) is 0. The molecule has 0 aromatic carbocycles. The lowest BCUT2D eigenvalue weighted by Crippen LogP contribution is -2.77. The number of ether oxygens (including phenoxy) is 4. The van der Waals surface area contributed by atoms with Gasteiger partial charge in [0, 0.05) is 37.0 Å². The van der Waals surface area contributed by atoms with E-state index in [1.165, 1.54) is 20.8 Å². The lowest BCUT2D eigenvalue weighted by atomic mass is 9.34. The molecule has 0 spiro atoms. The SMILES string of the molecule is C=C1C[C@@H]2[C@@]3(C)CCC(=O)C(C)(C)[C@H]3[C@@H](OC(C)=O)[C@H](OC(C)=O)[C@@]2(C)[C@H]2C(=O)O[C@@](C)(C(=O)OC)C(=O)[C@]12C. The van der Waals surface area contributed by atoms with E-state index in [-0.39, 0.29) is 18.6 Å². The number of carbonyl (C=O) groups is 6. The third kappa shape index (κ3) is 3.59. The Morgan fingerprint density at radius 2 is 1.52 bits per heavy atom. The Morgan fingerprint density at radius 3 is 2.05 bits per heavy atom. The molecule has 9 atom stereocenters. The van der Waals surface area contributed by atoms with Crippen LogP contribution in [-0.4, -0.2) is 60.4 Å². The first-order valence-electron chi connectivity index (χ1n) is 13.7. The summed E-state index contributed by atoms with van der Waals surface area (Å²) in [6.07, 6.45) is -1.34. The van der Waals surface area contributed by atoms with Crippen LogP contribution in [0.5, 0.6) is 0 Å². The minimum Gasteiger partial charge on any atom is -0.466 e. The molecule has 40 heavy (non-hydrogen) atoms. The van der Waals surface area contributed by atoms with Crippen LogP contribution in [0.15, 0.2) is 12.2 Å². The van der Waals surface area contributed by atoms with E-state index in [1.54, 1.807) is 13.8 Å². The third-order valence-electron chi connectivity index (χ3n) is 10.9. The lowest BCUT2D eigenvalue weighted by Gasteiger charge is -2.70. The van der Waals surface area contributed by atoms with Gasteiger partial charge in [0.05, 0.1) is 18.4 Å². The molecule has 0 radical (unpaired) electrons. The number of cyclic esters (lactones) is 1. The van der Waals surface area contributed by atoms with Crippen molar-refractivity contribution in [2.24, 2.45) is 39.4 Å². The molecule has 4 fully saturated rings. The predicted molar refractivity (Wildman–Crippen MR) is 139 cm³/mol. The molecule has 0 amide bonds. The van der Waals surface area contributed by atoms with E-state index in [9.17, 15) is 28.8 Å². The molecule has 4 rings (SSSR count). The summed E-state index contributed by atoms with van der Waals surface area (Å²) >= 11 is 0. The Bertz CT molecular complexity index is 1230. The van der Waals surface area contributed by atoms with Gasteiger partial charge in [-0.3, -0.25) is 24.0 Å². The molecule has 0 bridgehead atoms. The number of esters is 4. The van der Waals surface area contributed by atoms with Crippen LogP contribution in [0.4, 0.5) is 0 Å². The second kappa shape index (κ2) is 8.98. The topological polar surface area (TPSA) is 139 Å². The molecule has 3 saturated carbocycles. The summed E-state index contributed by atoms with van der Waals surface area (Å²) in [5, 5.41) is 0. The molecule has 10 heteroatoms. The maximum absolute atomic E-state index is 14.2. The molecule has 1 heterocycles. The fourth-order valence-corrected chi connectivity index (χ4v) is 9.18. The average Bonchev–Trinajstić information content (AvgIpc) is 2.83. The third-order valence-corrected chi connectivity index (χ3v) is 10.9. The number of carbonyl (C=O) groups excluding carboxylic acids is 6. The maximum atomic E-state index is 14.2. The van der Waals surface area contributed by atoms with Gasteiger partial charge in [-0.1, -0.05) is 39.8 Å². The van der Waals surface area contributed by atoms with E-state index in [4.69, 9.17) is 18.9 Å². The number of hydrogen-bond acceptors (Lipinski definition) is 10. The minimum absolute atomic E-state index is 0.00196. The first-order chi connectivity index (χ1) is 18.2. The van der Waals surface area contributed by atoms with Gasteiger partial charge in [-0.25, -0.2) is 4.79 Å². The number of fused-ring (bicyclic) bond motifs is 5. The Hall–Kier alpha value is -3.04. The van der Waals surface area contributed by atoms with Gasteiger partial charge >= 0.3 is 23.9 Å². The molecule has 3 aliphatic carbocycles. The van der Waals surface area contributed by atoms with E-state index in [0.717, 1.165) is 7.11 Å². The Morgan fingerprint density at radius 1 is 0.950 bits per heavy atom. The smallest absolute Gasteiger partial charge is 0.358 e. The molecular formula is C30H40O10. The van der Waals surface area contributed by atoms with Gasteiger partial charge in [0.2, 0.25) is 0 Å². The Balaban J connectivity index is 2.04. The Kier molecular flexibility index (Phi) is 6.72. The van der Waals surface area contributed by atoms with Gasteiger partial charge in [-0.15, -0.1) is 0 Å². The van der Waals surface area contributed by atoms with Crippen molar-refractivity contribution in [2.45, 2.75) is 92.5 Å². The van der Waals surface area contributed by atoms with E-state index in [2.05, 4.69) is 6.58 Å². The number of rotatable bonds is 3. The highest BCUT2D eigenvalue weighted by molar-refractivity contribution is 6.15. The summed E-state index contributed by atoms with van der Waals surface area (Å²) in [7, 11) is 1.10. The van der Waals surface area contributed by atoms with Gasteiger partial charge in [0.1, 0.15) is 18.0 Å². The first-order valence-corrected chi connectivity index (χ1v) is 13.7. The quantitative estimate of drug-likeness (QED) is 0.219. The summed E-state index contributed by atoms with van der Waals surface area (Å²) < 4.78 is 22.4. The maximum Gasteiger partial charge on any atom is 0.358 e. The zero-order valence-corrected chi connectivity index (χ0v) is 24.8. The van der Waals surface area contributed by atoms with E-state index < -0.39 is 86.9 Å². The van der Waals surface area contributed by atoms with Crippen molar-refractivity contribution in [1.82, 2.24) is 0 Å². The molecule has 4 aliphatic rings. The van der Waals surface area contributed by atoms with Crippen LogP contribution in [0.1, 0.15) is 74.7 Å². The summed E-state index contributed by atoms with van der Waals surface area (Å²) in [5.41, 5.74) is -6.31. The van der Waals surface area contributed by atoms with Crippen LogP contribution in [0.2, 0.25) is 0 Å². The van der Waals surface area contributed by atoms with Gasteiger partial charge in [0.25, 0.3) is 5.60 Å². The molecule has 1 aliphatic heterocycles. The first kappa shape index (κ1) is 29.9. The van der Waals surface area contributed by atoms with E-state index in [0.29, 0.717) is 12.0 Å². The second-order valence-electron chi connectivity index (χ2n) is 13.4. The number of hydrogen-bond donors (Lipinski definition) is 0. The second-order valence-corrected chi connectivity index (χ2v) is 13.4. The zero-order chi connectivity index (χ0) is 30.4. The molecule has 0 aromatic rings. The van der Waals surface area contributed by atoms with Gasteiger partial charge in [-0.2, -0.15) is 0 Å². The molecule has 10 nitrogen and oxygen atoms in total. The average molecular weight is 561 g/mol. The zero-order valence-electron chi connectivity index (χ0n) is 24.8. The molecular weight excluding hydrogens is 520 g/mol. The predicted octanol–water partition coefficient (Wildman–Crippen LogP) is 3.14. The fraction of sp³-hybridized carbons (Fsp3) is 0.733. The molecule has 0 aromatic heterocycles. The van der Waals surface area contributed by atoms with Gasteiger partial charge < -0.3 is 18.9 Å². The van der Waals surface area contributed by atoms with Crippen molar-refractivity contribution in [3.05, 3.63) is 12.2 Å². The van der Waals surface area contributed by atoms with E-state index >= 15 is 0 Å². The number of methoxy groups -OCH3 is 1. The molecule has 0 unspecified atom stereocenters. The lowest BCUT2D eigenvalue weighted by molar-refractivity contribution is -0.280. The Labute approximate surface area is 234 Å². The van der Waals surface area contributed by atoms with Crippen LogP contribution in [-0.2, 0) is 47.7 Å². The van der Waals surface area contributed by atoms with Crippen LogP contribution < -0.4 is 0 Å². The largest absolute Gasteiger partial charge is 0.466 e. The van der Waals surface area contributed by atoms with Gasteiger partial charge in [0.15, 0.2) is 5.78 Å². The van der Waals surface area contributed by atoms with Crippen molar-refractivity contribution in [3.8, 4) is 0 Å². The fourth-order valence-electron chi connectivity index (χ4n) is 9.18. The van der Waals surface area contributed by atoms with Crippen molar-refractivity contribution in [1.29, 1.82) is 0 Å². The van der Waals surface area contributed by atoms with Crippen LogP contribution in [0.3, 0.4) is 0 Å². The number of Topliss-reactive ketones (excluding diaryl/α,β-unsaturated/α-hetero) is 2. The highest BCUT2D eigenvalue weighted by Crippen LogP contribution is 2.73. The van der Waals surface area contributed by atoms with Crippen molar-refractivity contribution >= 4 is 35.4 Å². The molecule has 220 valence electrons. The van der Waals surface area contributed by atoms with Crippen LogP contribution >= 0.6 is 0 Å². The highest BCUT2D eigenvalue weighted by Gasteiger charge is 2.79. The van der Waals surface area contributed by atoms with Gasteiger partial charge in [-0.05, 0) is 38.0 Å². The van der Waals surface area contributed by atoms with Crippen LogP contribution in [0.25, 0.3) is 0 Å². The minimum atomic E-state index is -2.20. The van der Waals surface area contributed by atoms with Crippen molar-refractivity contribution in [3.63, 3.8) is 0 Å². The highest BCUT2D eigenvalue weighted by atomic mass is 16.6. The van der Waals surface area contributed by atoms with Crippen molar-refractivity contribution in [2.75, 3.05) is 7.11 Å². The van der Waals surface area contributed by atoms with E-state index in [1.807, 2.05) is 20.8 Å². The summed E-state index contributed by atoms with van der Waals surface area (Å²) in [4.78, 5) is 79.5. The van der Waals surface area contributed by atoms with Crippen molar-refractivity contribution < 1.29 is 47.7 Å². The monoisotopic (exact) mass is 560 g/mol. The summed E-state index contributed by atoms with van der Waals surface area (Å²) in [5.74, 6) is -6.08.